The number of amides is 8. The standard InChI is InChI=1S/C53H68N8O18S/c1-7-36-46(67)57-38-23-24-42(65)61(51(38)72)40(26-32-11-9-8-10-12-32)52(73)60(6)39(25-33-15-20-35(63)21-16-33)48(69)58-43(28(2)3)53(74)79-30(5)44(50(71)55-36)59-47(68)37(22-17-31-13-18-34(62)19-14-31)56-45(66)29(4)54-49(70)41(64)27-78-80(75,76)77/h7-16,18-21,28-30,37-44,62-65H,17,22-27H2,1-6H3,(H,54,70)(H,55,71)(H,56,66)(H,57,67)(H,58,69)(H,59,68)(H,75,76,77)/b36-7-/t29-,30+,37-,38?,39-,40-,41+,42+,43-,44-/m0/s1. The van der Waals surface area contributed by atoms with Crippen LogP contribution in [0.3, 0.4) is 0 Å². The Balaban J connectivity index is 1.55. The lowest BCUT2D eigenvalue weighted by Gasteiger charge is -2.43. The summed E-state index contributed by atoms with van der Waals surface area (Å²) in [5, 5.41) is 56.3. The highest BCUT2D eigenvalue weighted by Gasteiger charge is 2.45. The van der Waals surface area contributed by atoms with Crippen LogP contribution in [0.5, 0.6) is 11.5 Å². The van der Waals surface area contributed by atoms with Gasteiger partial charge in [-0.2, -0.15) is 8.42 Å². The number of carbonyl (C=O) groups is 9. The molecule has 0 radical (unpaired) electrons. The van der Waals surface area contributed by atoms with E-state index in [9.17, 15) is 67.2 Å². The number of benzene rings is 3. The van der Waals surface area contributed by atoms with Crippen LogP contribution in [0.4, 0.5) is 0 Å². The number of aryl methyl sites for hydroxylation is 1. The van der Waals surface area contributed by atoms with Gasteiger partial charge < -0.3 is 66.9 Å². The molecule has 0 aliphatic carbocycles. The van der Waals surface area contributed by atoms with E-state index in [1.54, 1.807) is 44.2 Å². The smallest absolute Gasteiger partial charge is 0.397 e. The molecule has 0 saturated carbocycles. The monoisotopic (exact) mass is 1140 g/mol. The second-order valence-corrected chi connectivity index (χ2v) is 20.7. The molecular weight excluding hydrogens is 1070 g/mol. The van der Waals surface area contributed by atoms with Crippen molar-refractivity contribution in [1.82, 2.24) is 41.7 Å². The molecule has 2 aliphatic heterocycles. The number of aliphatic hydroxyl groups is 2. The number of hydrogen-bond donors (Lipinski definition) is 11. The summed E-state index contributed by atoms with van der Waals surface area (Å²) in [6.45, 7) is 5.63. The van der Waals surface area contributed by atoms with Gasteiger partial charge in [0.05, 0.1) is 0 Å². The number of cyclic esters (lactones) is 1. The summed E-state index contributed by atoms with van der Waals surface area (Å²) in [5.41, 5.74) is 1.11. The predicted molar refractivity (Wildman–Crippen MR) is 282 cm³/mol. The predicted octanol–water partition coefficient (Wildman–Crippen LogP) is -1.10. The Morgan fingerprint density at radius 3 is 1.96 bits per heavy atom. The third-order valence-corrected chi connectivity index (χ3v) is 13.8. The molecule has 0 aromatic heterocycles. The Morgan fingerprint density at radius 1 is 0.787 bits per heavy atom. The minimum atomic E-state index is -5.06. The third-order valence-electron chi connectivity index (χ3n) is 13.4. The number of fused-ring (bicyclic) bond motifs is 2. The molecule has 26 nitrogen and oxygen atoms in total. The molecule has 11 N–H and O–H groups in total. The van der Waals surface area contributed by atoms with E-state index in [1.165, 1.54) is 75.5 Å². The van der Waals surface area contributed by atoms with Crippen LogP contribution in [-0.4, -0.2) is 171 Å². The third kappa shape index (κ3) is 17.5. The van der Waals surface area contributed by atoms with Gasteiger partial charge in [-0.05, 0) is 93.3 Å². The molecule has 3 aromatic rings. The van der Waals surface area contributed by atoms with Crippen LogP contribution >= 0.6 is 0 Å². The number of allylic oxidation sites excluding steroid dienone is 1. The van der Waals surface area contributed by atoms with Crippen molar-refractivity contribution in [3.05, 3.63) is 107 Å². The summed E-state index contributed by atoms with van der Waals surface area (Å²) >= 11 is 0. The first-order valence-electron chi connectivity index (χ1n) is 25.5. The van der Waals surface area contributed by atoms with Crippen molar-refractivity contribution in [2.45, 2.75) is 134 Å². The van der Waals surface area contributed by atoms with Crippen molar-refractivity contribution in [1.29, 1.82) is 0 Å². The summed E-state index contributed by atoms with van der Waals surface area (Å²) in [5.74, 6) is -10.3. The Hall–Kier alpha value is -7.98. The van der Waals surface area contributed by atoms with E-state index < -0.39 is 143 Å². The second-order valence-electron chi connectivity index (χ2n) is 19.6. The number of hydrogen-bond acceptors (Lipinski definition) is 17. The first-order chi connectivity index (χ1) is 37.7. The first kappa shape index (κ1) is 62.9. The summed E-state index contributed by atoms with van der Waals surface area (Å²) < 4.78 is 40.7. The number of rotatable bonds is 17. The summed E-state index contributed by atoms with van der Waals surface area (Å²) in [6.07, 6.45) is -5.11. The van der Waals surface area contributed by atoms with Crippen molar-refractivity contribution in [2.24, 2.45) is 5.92 Å². The van der Waals surface area contributed by atoms with E-state index in [1.807, 2.05) is 0 Å². The molecule has 8 amide bonds. The van der Waals surface area contributed by atoms with Gasteiger partial charge >= 0.3 is 16.4 Å². The maximum atomic E-state index is 15.1. The van der Waals surface area contributed by atoms with E-state index in [0.29, 0.717) is 16.7 Å². The highest BCUT2D eigenvalue weighted by atomic mass is 32.3. The first-order valence-corrected chi connectivity index (χ1v) is 26.9. The van der Waals surface area contributed by atoms with Gasteiger partial charge in [0.1, 0.15) is 78.4 Å². The molecule has 2 fully saturated rings. The molecule has 27 heteroatoms. The fraction of sp³-hybridized carbons (Fsp3) is 0.453. The molecule has 434 valence electrons. The van der Waals surface area contributed by atoms with Crippen molar-refractivity contribution in [3.8, 4) is 11.5 Å². The lowest BCUT2D eigenvalue weighted by atomic mass is 9.95. The fourth-order valence-electron chi connectivity index (χ4n) is 8.76. The van der Waals surface area contributed by atoms with Gasteiger partial charge in [-0.25, -0.2) is 8.98 Å². The van der Waals surface area contributed by atoms with Gasteiger partial charge in [0, 0.05) is 19.9 Å². The van der Waals surface area contributed by atoms with Crippen LogP contribution in [0.2, 0.25) is 0 Å². The molecule has 2 saturated heterocycles. The number of aliphatic hydroxyl groups excluding tert-OH is 2. The zero-order valence-electron chi connectivity index (χ0n) is 44.7. The number of ether oxygens (including phenoxy) is 1. The molecule has 80 heavy (non-hydrogen) atoms. The van der Waals surface area contributed by atoms with Gasteiger partial charge in [0.15, 0.2) is 6.10 Å². The number of nitrogens with one attached hydrogen (secondary N) is 6. The lowest BCUT2D eigenvalue weighted by Crippen LogP contribution is -2.64. The number of esters is 1. The van der Waals surface area contributed by atoms with Gasteiger partial charge in [-0.3, -0.25) is 42.9 Å². The zero-order valence-corrected chi connectivity index (χ0v) is 45.5. The van der Waals surface area contributed by atoms with Crippen LogP contribution in [0.15, 0.2) is 90.6 Å². The van der Waals surface area contributed by atoms with Crippen LogP contribution in [0, 0.1) is 5.92 Å². The number of aromatic hydroxyl groups is 2. The van der Waals surface area contributed by atoms with Crippen LogP contribution in [0.25, 0.3) is 0 Å². The Kier molecular flexibility index (Phi) is 22.2. The van der Waals surface area contributed by atoms with Crippen LogP contribution in [-0.2, 0) is 81.7 Å². The summed E-state index contributed by atoms with van der Waals surface area (Å²) in [4.78, 5) is 130. The topological polar surface area (TPSA) is 386 Å². The Bertz CT molecular complexity index is 2870. The molecule has 5 rings (SSSR count). The number of piperidine rings is 1. The van der Waals surface area contributed by atoms with Crippen molar-refractivity contribution in [2.75, 3.05) is 13.7 Å². The minimum absolute atomic E-state index is 0.0288. The number of likely N-dealkylation sites (N-methyl/N-ethyl adjacent to an activating group) is 1. The number of nitrogens with zero attached hydrogens (tertiary/aromatic N) is 2. The lowest BCUT2D eigenvalue weighted by molar-refractivity contribution is -0.165. The largest absolute Gasteiger partial charge is 0.508 e. The number of phenols is 2. The molecule has 2 heterocycles. The van der Waals surface area contributed by atoms with Crippen LogP contribution in [0.1, 0.15) is 70.6 Å². The van der Waals surface area contributed by atoms with Gasteiger partial charge in [-0.15, -0.1) is 0 Å². The normalized spacial score (nSPS) is 23.5. The zero-order chi connectivity index (χ0) is 59.2. The van der Waals surface area contributed by atoms with Crippen molar-refractivity contribution < 1.29 is 85.5 Å². The number of phenolic OH excluding ortho intramolecular Hbond substituents is 2. The van der Waals surface area contributed by atoms with E-state index in [4.69, 9.17) is 9.29 Å². The van der Waals surface area contributed by atoms with E-state index >= 15 is 4.79 Å². The maximum Gasteiger partial charge on any atom is 0.397 e. The van der Waals surface area contributed by atoms with E-state index in [-0.39, 0.29) is 50.0 Å². The quantitative estimate of drug-likeness (QED) is 0.0434. The van der Waals surface area contributed by atoms with Gasteiger partial charge in [0.25, 0.3) is 17.7 Å². The SMILES string of the molecule is C/C=C1\NC(=O)[C@@H](NC(=O)[C@H](CCc2ccc(O)cc2)NC(=O)[C@H](C)NC(=O)[C@H](O)COS(=O)(=O)O)[C@@H](C)OC(=O)[C@H](C(C)C)NC(=O)[C@H](Cc2ccc(O)cc2)N(C)C(=O)[C@H](Cc2ccccc2)N2C(=O)C(CC[C@H]2O)NC1=O. The van der Waals surface area contributed by atoms with Crippen molar-refractivity contribution >= 4 is 63.6 Å². The van der Waals surface area contributed by atoms with E-state index in [0.717, 1.165) is 16.7 Å². The minimum Gasteiger partial charge on any atom is -0.508 e. The average Bonchev–Trinajstić information content (AvgIpc) is 3.45. The second kappa shape index (κ2) is 28.3. The highest BCUT2D eigenvalue weighted by Crippen LogP contribution is 2.26. The van der Waals surface area contributed by atoms with Gasteiger partial charge in [0.2, 0.25) is 29.5 Å². The highest BCUT2D eigenvalue weighted by molar-refractivity contribution is 7.80. The fourth-order valence-corrected chi connectivity index (χ4v) is 9.06. The molecular formula is C53H68N8O18S. The summed E-state index contributed by atoms with van der Waals surface area (Å²) in [6, 6.07) is 9.14. The molecule has 10 atom stereocenters. The molecule has 2 bridgehead atoms. The van der Waals surface area contributed by atoms with Crippen LogP contribution < -0.4 is 31.9 Å². The molecule has 2 aliphatic rings. The number of carbonyl (C=O) groups excluding carboxylic acids is 9. The molecule has 3 aromatic carbocycles. The van der Waals surface area contributed by atoms with Gasteiger partial charge in [-0.1, -0.05) is 74.5 Å². The average molecular weight is 1140 g/mol. The maximum absolute atomic E-state index is 15.1. The molecule has 0 spiro atoms. The molecule has 1 unspecified atom stereocenters. The van der Waals surface area contributed by atoms with E-state index in [2.05, 4.69) is 36.1 Å². The van der Waals surface area contributed by atoms with Crippen molar-refractivity contribution in [3.63, 3.8) is 0 Å². The Labute approximate surface area is 461 Å². The Morgan fingerprint density at radius 2 is 1.38 bits per heavy atom. The summed E-state index contributed by atoms with van der Waals surface area (Å²) in [7, 11) is -3.75.